The highest BCUT2D eigenvalue weighted by Gasteiger charge is 2.22. The molecule has 0 unspecified atom stereocenters. The molecule has 0 atom stereocenters. The Morgan fingerprint density at radius 1 is 1.00 bits per heavy atom. The number of benzene rings is 1. The fraction of sp³-hybridized carbons (Fsp3) is 0.0909. The van der Waals surface area contributed by atoms with Crippen LogP contribution in [0.4, 0.5) is 5.69 Å². The van der Waals surface area contributed by atoms with Crippen LogP contribution >= 0.6 is 27.3 Å². The normalized spacial score (nSPS) is 12.3. The van der Waals surface area contributed by atoms with Gasteiger partial charge in [0.05, 0.1) is 9.47 Å². The molecule has 1 aromatic heterocycles. The van der Waals surface area contributed by atoms with E-state index in [-0.39, 0.29) is 14.8 Å². The van der Waals surface area contributed by atoms with Crippen LogP contribution in [-0.4, -0.2) is 23.9 Å². The van der Waals surface area contributed by atoms with Gasteiger partial charge < -0.3 is 0 Å². The molecular formula is C11H11BrN2O4S3. The summed E-state index contributed by atoms with van der Waals surface area (Å²) < 4.78 is 53.5. The number of anilines is 1. The molecule has 0 amide bonds. The fourth-order valence-electron chi connectivity index (χ4n) is 1.53. The molecule has 2 rings (SSSR count). The van der Waals surface area contributed by atoms with Gasteiger partial charge in [-0.1, -0.05) is 12.1 Å². The smallest absolute Gasteiger partial charge is 0.271 e. The minimum absolute atomic E-state index is 0.00336. The van der Waals surface area contributed by atoms with E-state index in [1.54, 1.807) is 12.1 Å². The fourth-order valence-corrected chi connectivity index (χ4v) is 5.57. The van der Waals surface area contributed by atoms with Crippen LogP contribution in [0.3, 0.4) is 0 Å². The molecule has 21 heavy (non-hydrogen) atoms. The van der Waals surface area contributed by atoms with Crippen LogP contribution in [0, 0.1) is 0 Å². The highest BCUT2D eigenvalue weighted by Crippen LogP contribution is 2.29. The van der Waals surface area contributed by atoms with Crippen molar-refractivity contribution >= 4 is 53.0 Å². The minimum atomic E-state index is -3.84. The molecule has 10 heteroatoms. The lowest BCUT2D eigenvalue weighted by Crippen LogP contribution is -2.21. The van der Waals surface area contributed by atoms with Gasteiger partial charge in [-0.15, -0.1) is 11.3 Å². The Balaban J connectivity index is 2.46. The van der Waals surface area contributed by atoms with E-state index in [4.69, 9.17) is 0 Å². The van der Waals surface area contributed by atoms with Crippen LogP contribution in [0.1, 0.15) is 0 Å². The number of hydrogen-bond acceptors (Lipinski definition) is 5. The van der Waals surface area contributed by atoms with Crippen LogP contribution in [-0.2, 0) is 20.0 Å². The van der Waals surface area contributed by atoms with Crippen LogP contribution in [0.15, 0.2) is 49.3 Å². The first-order valence-corrected chi connectivity index (χ1v) is 10.1. The van der Waals surface area contributed by atoms with Gasteiger partial charge in [0.15, 0.2) is 0 Å². The summed E-state index contributed by atoms with van der Waals surface area (Å²) in [6, 6.07) is 8.83. The third-order valence-corrected chi connectivity index (χ3v) is 7.46. The van der Waals surface area contributed by atoms with Gasteiger partial charge in [0.2, 0.25) is 10.0 Å². The van der Waals surface area contributed by atoms with Gasteiger partial charge in [-0.05, 0) is 47.2 Å². The van der Waals surface area contributed by atoms with E-state index in [1.165, 1.54) is 31.3 Å². The number of thiophene rings is 1. The van der Waals surface area contributed by atoms with Gasteiger partial charge in [-0.25, -0.2) is 21.6 Å². The standard InChI is InChI=1S/C11H11BrN2O4S3/c1-13-20(15,16)9-5-3-2-4-8(9)14-21(17,18)11-7-6-10(12)19-11/h2-7,13-14H,1H3. The van der Waals surface area contributed by atoms with E-state index < -0.39 is 20.0 Å². The molecule has 0 fully saturated rings. The molecule has 0 aliphatic rings. The summed E-state index contributed by atoms with van der Waals surface area (Å²) in [5.41, 5.74) is -0.00336. The SMILES string of the molecule is CNS(=O)(=O)c1ccccc1NS(=O)(=O)c1ccc(Br)s1. The molecule has 6 nitrogen and oxygen atoms in total. The lowest BCUT2D eigenvalue weighted by Gasteiger charge is -2.11. The molecule has 0 saturated carbocycles. The molecule has 0 aliphatic carbocycles. The van der Waals surface area contributed by atoms with Crippen molar-refractivity contribution in [3.63, 3.8) is 0 Å². The van der Waals surface area contributed by atoms with Crippen molar-refractivity contribution in [2.75, 3.05) is 11.8 Å². The molecule has 1 heterocycles. The van der Waals surface area contributed by atoms with Crippen molar-refractivity contribution in [2.45, 2.75) is 9.10 Å². The highest BCUT2D eigenvalue weighted by molar-refractivity contribution is 9.11. The van der Waals surface area contributed by atoms with Crippen molar-refractivity contribution in [3.8, 4) is 0 Å². The average Bonchev–Trinajstić information content (AvgIpc) is 2.86. The zero-order valence-electron chi connectivity index (χ0n) is 10.7. The second-order valence-electron chi connectivity index (χ2n) is 3.87. The zero-order valence-corrected chi connectivity index (χ0v) is 14.7. The summed E-state index contributed by atoms with van der Waals surface area (Å²) >= 11 is 4.22. The molecule has 0 saturated heterocycles. The van der Waals surface area contributed by atoms with Gasteiger partial charge in [-0.2, -0.15) is 0 Å². The Morgan fingerprint density at radius 3 is 2.24 bits per heavy atom. The predicted octanol–water partition coefficient (Wildman–Crippen LogP) is 2.22. The Bertz CT molecular complexity index is 859. The maximum atomic E-state index is 12.2. The molecule has 2 N–H and O–H groups in total. The van der Waals surface area contributed by atoms with Gasteiger partial charge >= 0.3 is 0 Å². The first-order valence-electron chi connectivity index (χ1n) is 5.57. The quantitative estimate of drug-likeness (QED) is 0.789. The monoisotopic (exact) mass is 410 g/mol. The number of nitrogens with one attached hydrogen (secondary N) is 2. The van der Waals surface area contributed by atoms with Crippen molar-refractivity contribution in [1.82, 2.24) is 4.72 Å². The van der Waals surface area contributed by atoms with Crippen molar-refractivity contribution < 1.29 is 16.8 Å². The van der Waals surface area contributed by atoms with Crippen LogP contribution in [0.2, 0.25) is 0 Å². The molecule has 0 radical (unpaired) electrons. The largest absolute Gasteiger partial charge is 0.278 e. The number of para-hydroxylation sites is 1. The van der Waals surface area contributed by atoms with Crippen LogP contribution in [0.25, 0.3) is 0 Å². The van der Waals surface area contributed by atoms with E-state index in [9.17, 15) is 16.8 Å². The second-order valence-corrected chi connectivity index (χ2v) is 10.1. The van der Waals surface area contributed by atoms with Crippen LogP contribution < -0.4 is 9.44 Å². The topological polar surface area (TPSA) is 92.3 Å². The third kappa shape index (κ3) is 3.64. The Morgan fingerprint density at radius 2 is 1.67 bits per heavy atom. The predicted molar refractivity (Wildman–Crippen MR) is 85.5 cm³/mol. The summed E-state index contributed by atoms with van der Waals surface area (Å²) in [6.45, 7) is 0. The minimum Gasteiger partial charge on any atom is -0.278 e. The second kappa shape index (κ2) is 6.05. The van der Waals surface area contributed by atoms with Gasteiger partial charge in [0.1, 0.15) is 9.10 Å². The van der Waals surface area contributed by atoms with Gasteiger partial charge in [0, 0.05) is 0 Å². The number of hydrogen-bond donors (Lipinski definition) is 2. The molecule has 0 aliphatic heterocycles. The summed E-state index contributed by atoms with van der Waals surface area (Å²) in [7, 11) is -6.34. The molecule has 114 valence electrons. The maximum absolute atomic E-state index is 12.2. The zero-order chi connectivity index (χ0) is 15.7. The molecule has 2 aromatic rings. The van der Waals surface area contributed by atoms with E-state index >= 15 is 0 Å². The highest BCUT2D eigenvalue weighted by atomic mass is 79.9. The molecule has 1 aromatic carbocycles. The number of halogens is 1. The van der Waals surface area contributed by atoms with E-state index in [0.29, 0.717) is 3.79 Å². The Kier molecular flexibility index (Phi) is 4.73. The first-order chi connectivity index (χ1) is 9.76. The lowest BCUT2D eigenvalue weighted by molar-refractivity contribution is 0.588. The molecule has 0 bridgehead atoms. The van der Waals surface area contributed by atoms with Crippen molar-refractivity contribution in [2.24, 2.45) is 0 Å². The van der Waals surface area contributed by atoms with Gasteiger partial charge in [0.25, 0.3) is 10.0 Å². The Hall–Kier alpha value is -0.940. The first kappa shape index (κ1) is 16.4. The van der Waals surface area contributed by atoms with Crippen molar-refractivity contribution in [1.29, 1.82) is 0 Å². The number of sulfonamides is 2. The van der Waals surface area contributed by atoms with Crippen molar-refractivity contribution in [3.05, 3.63) is 40.2 Å². The summed E-state index contributed by atoms with van der Waals surface area (Å²) in [6.07, 6.45) is 0. The maximum Gasteiger partial charge on any atom is 0.271 e. The average molecular weight is 411 g/mol. The summed E-state index contributed by atoms with van der Waals surface area (Å²) in [5, 5.41) is 0. The molecular weight excluding hydrogens is 400 g/mol. The van der Waals surface area contributed by atoms with E-state index in [2.05, 4.69) is 25.4 Å². The number of rotatable bonds is 5. The summed E-state index contributed by atoms with van der Waals surface area (Å²) in [5.74, 6) is 0. The van der Waals surface area contributed by atoms with E-state index in [1.807, 2.05) is 0 Å². The third-order valence-electron chi connectivity index (χ3n) is 2.50. The van der Waals surface area contributed by atoms with Crippen LogP contribution in [0.5, 0.6) is 0 Å². The lowest BCUT2D eigenvalue weighted by atomic mass is 10.3. The Labute approximate surface area is 135 Å². The summed E-state index contributed by atoms with van der Waals surface area (Å²) in [4.78, 5) is -0.133. The van der Waals surface area contributed by atoms with E-state index in [0.717, 1.165) is 11.3 Å². The van der Waals surface area contributed by atoms with Gasteiger partial charge in [-0.3, -0.25) is 4.72 Å². The molecule has 0 spiro atoms.